The Hall–Kier alpha value is -3.18. The van der Waals surface area contributed by atoms with Gasteiger partial charge in [0.25, 0.3) is 0 Å². The summed E-state index contributed by atoms with van der Waals surface area (Å²) in [7, 11) is 3.13. The zero-order valence-electron chi connectivity index (χ0n) is 14.6. The molecule has 27 heavy (non-hydrogen) atoms. The van der Waals surface area contributed by atoms with Crippen molar-refractivity contribution in [2.24, 2.45) is 5.73 Å². The van der Waals surface area contributed by atoms with Crippen molar-refractivity contribution >= 4 is 21.6 Å². The third kappa shape index (κ3) is 2.51. The van der Waals surface area contributed by atoms with Crippen LogP contribution >= 0.6 is 15.9 Å². The average Bonchev–Trinajstić information content (AvgIpc) is 3.16. The number of imidazole rings is 1. The molecule has 0 fully saturated rings. The number of halogens is 1. The molecule has 0 spiro atoms. The summed E-state index contributed by atoms with van der Waals surface area (Å²) in [4.78, 5) is 4.35. The standard InChI is InChI=1S/C19H15BrN4O3/c1-25-13-4-3-10(15(20)17(13)26-2)14-11-5-7-24-8-6-23-19(24)16(11)27-18(22)12(14)9-21/h3-8,14H,22H2,1-2H3. The SMILES string of the molecule is COc1ccc(C2C(C#N)=C(N)Oc3c2ccn2ccnc32)c(Br)c1OC. The van der Waals surface area contributed by atoms with E-state index in [0.29, 0.717) is 32.9 Å². The van der Waals surface area contributed by atoms with E-state index >= 15 is 0 Å². The first-order valence-corrected chi connectivity index (χ1v) is 8.83. The molecule has 0 aliphatic carbocycles. The van der Waals surface area contributed by atoms with Crippen molar-refractivity contribution in [3.8, 4) is 23.3 Å². The van der Waals surface area contributed by atoms with Crippen LogP contribution in [0.5, 0.6) is 17.2 Å². The molecule has 3 aromatic rings. The predicted molar refractivity (Wildman–Crippen MR) is 102 cm³/mol. The summed E-state index contributed by atoms with van der Waals surface area (Å²) in [5.41, 5.74) is 8.66. The third-order valence-electron chi connectivity index (χ3n) is 4.57. The Bertz CT molecular complexity index is 1130. The molecule has 0 radical (unpaired) electrons. The maximum absolute atomic E-state index is 9.75. The molecule has 0 amide bonds. The normalized spacial score (nSPS) is 15.9. The lowest BCUT2D eigenvalue weighted by molar-refractivity contribution is 0.352. The Kier molecular flexibility index (Phi) is 4.16. The van der Waals surface area contributed by atoms with Crippen LogP contribution in [0.2, 0.25) is 0 Å². The minimum absolute atomic E-state index is 0.0628. The second-order valence-electron chi connectivity index (χ2n) is 5.89. The van der Waals surface area contributed by atoms with Gasteiger partial charge in [0.05, 0.1) is 24.6 Å². The van der Waals surface area contributed by atoms with Crippen LogP contribution in [-0.2, 0) is 0 Å². The van der Waals surface area contributed by atoms with Gasteiger partial charge in [-0.1, -0.05) is 6.07 Å². The summed E-state index contributed by atoms with van der Waals surface area (Å²) in [5, 5.41) is 9.75. The molecule has 1 aliphatic rings. The van der Waals surface area contributed by atoms with E-state index in [2.05, 4.69) is 27.0 Å². The Morgan fingerprint density at radius 1 is 1.22 bits per heavy atom. The van der Waals surface area contributed by atoms with E-state index in [-0.39, 0.29) is 5.88 Å². The molecular formula is C19H15BrN4O3. The lowest BCUT2D eigenvalue weighted by Gasteiger charge is -2.28. The molecule has 3 heterocycles. The molecule has 1 aliphatic heterocycles. The highest BCUT2D eigenvalue weighted by molar-refractivity contribution is 9.10. The number of ether oxygens (including phenoxy) is 3. The minimum atomic E-state index is -0.436. The maximum Gasteiger partial charge on any atom is 0.205 e. The first-order valence-electron chi connectivity index (χ1n) is 8.04. The molecule has 0 bridgehead atoms. The van der Waals surface area contributed by atoms with Crippen molar-refractivity contribution in [1.29, 1.82) is 5.26 Å². The van der Waals surface area contributed by atoms with Crippen molar-refractivity contribution in [3.05, 3.63) is 63.8 Å². The smallest absolute Gasteiger partial charge is 0.205 e. The van der Waals surface area contributed by atoms with Gasteiger partial charge in [-0.3, -0.25) is 0 Å². The average molecular weight is 427 g/mol. The number of benzene rings is 1. The van der Waals surface area contributed by atoms with E-state index in [1.807, 2.05) is 28.9 Å². The van der Waals surface area contributed by atoms with Crippen LogP contribution in [0, 0.1) is 11.3 Å². The Morgan fingerprint density at radius 3 is 2.74 bits per heavy atom. The minimum Gasteiger partial charge on any atom is -0.493 e. The van der Waals surface area contributed by atoms with E-state index in [0.717, 1.165) is 11.1 Å². The largest absolute Gasteiger partial charge is 0.493 e. The third-order valence-corrected chi connectivity index (χ3v) is 5.39. The van der Waals surface area contributed by atoms with Crippen LogP contribution in [0.4, 0.5) is 0 Å². The van der Waals surface area contributed by atoms with E-state index < -0.39 is 5.92 Å². The van der Waals surface area contributed by atoms with Gasteiger partial charge in [-0.15, -0.1) is 0 Å². The van der Waals surface area contributed by atoms with Gasteiger partial charge >= 0.3 is 0 Å². The molecule has 2 N–H and O–H groups in total. The Morgan fingerprint density at radius 2 is 2.04 bits per heavy atom. The number of hydrogen-bond donors (Lipinski definition) is 1. The molecule has 7 nitrogen and oxygen atoms in total. The van der Waals surface area contributed by atoms with Crippen molar-refractivity contribution in [1.82, 2.24) is 9.38 Å². The van der Waals surface area contributed by atoms with Gasteiger partial charge in [-0.05, 0) is 33.6 Å². The number of nitriles is 1. The topological polar surface area (TPSA) is 94.8 Å². The van der Waals surface area contributed by atoms with Crippen LogP contribution in [0.3, 0.4) is 0 Å². The molecule has 1 unspecified atom stereocenters. The second kappa shape index (κ2) is 6.52. The van der Waals surface area contributed by atoms with Crippen molar-refractivity contribution in [2.45, 2.75) is 5.92 Å². The first-order chi connectivity index (χ1) is 13.1. The maximum atomic E-state index is 9.75. The highest BCUT2D eigenvalue weighted by Gasteiger charge is 2.34. The number of nitrogens with zero attached hydrogens (tertiary/aromatic N) is 3. The summed E-state index contributed by atoms with van der Waals surface area (Å²) in [6, 6.07) is 7.77. The van der Waals surface area contributed by atoms with Gasteiger partial charge in [0, 0.05) is 24.2 Å². The van der Waals surface area contributed by atoms with E-state index in [1.54, 1.807) is 26.5 Å². The molecule has 0 saturated heterocycles. The number of nitrogens with two attached hydrogens (primary N) is 1. The summed E-state index contributed by atoms with van der Waals surface area (Å²) in [5.74, 6) is 1.29. The monoisotopic (exact) mass is 426 g/mol. The fourth-order valence-electron chi connectivity index (χ4n) is 3.34. The number of methoxy groups -OCH3 is 2. The molecule has 2 aromatic heterocycles. The van der Waals surface area contributed by atoms with Gasteiger partial charge < -0.3 is 24.3 Å². The zero-order valence-corrected chi connectivity index (χ0v) is 16.1. The van der Waals surface area contributed by atoms with Crippen molar-refractivity contribution in [3.63, 3.8) is 0 Å². The Labute approximate surface area is 163 Å². The number of allylic oxidation sites excluding steroid dienone is 1. The van der Waals surface area contributed by atoms with Crippen LogP contribution in [0.25, 0.3) is 5.65 Å². The number of fused-ring (bicyclic) bond motifs is 3. The molecule has 8 heteroatoms. The van der Waals surface area contributed by atoms with Crippen LogP contribution in [0.1, 0.15) is 17.0 Å². The van der Waals surface area contributed by atoms with Crippen molar-refractivity contribution in [2.75, 3.05) is 14.2 Å². The highest BCUT2D eigenvalue weighted by Crippen LogP contribution is 2.48. The van der Waals surface area contributed by atoms with E-state index in [4.69, 9.17) is 19.9 Å². The molecule has 1 aromatic carbocycles. The van der Waals surface area contributed by atoms with Gasteiger partial charge in [-0.2, -0.15) is 5.26 Å². The van der Waals surface area contributed by atoms with Gasteiger partial charge in [0.15, 0.2) is 22.9 Å². The molecular weight excluding hydrogens is 412 g/mol. The summed E-state index contributed by atoms with van der Waals surface area (Å²) in [6.07, 6.45) is 5.38. The zero-order chi connectivity index (χ0) is 19.1. The molecule has 4 rings (SSSR count). The van der Waals surface area contributed by atoms with Crippen LogP contribution in [-0.4, -0.2) is 23.6 Å². The van der Waals surface area contributed by atoms with Gasteiger partial charge in [-0.25, -0.2) is 4.98 Å². The lowest BCUT2D eigenvalue weighted by Crippen LogP contribution is -2.22. The van der Waals surface area contributed by atoms with Crippen LogP contribution < -0.4 is 19.9 Å². The van der Waals surface area contributed by atoms with Crippen molar-refractivity contribution < 1.29 is 14.2 Å². The Balaban J connectivity index is 2.01. The van der Waals surface area contributed by atoms with Crippen LogP contribution in [0.15, 0.2) is 52.7 Å². The predicted octanol–water partition coefficient (Wildman–Crippen LogP) is 3.33. The lowest BCUT2D eigenvalue weighted by atomic mass is 9.84. The number of rotatable bonds is 3. The summed E-state index contributed by atoms with van der Waals surface area (Å²) < 4.78 is 19.1. The van der Waals surface area contributed by atoms with Gasteiger partial charge in [0.1, 0.15) is 11.6 Å². The quantitative estimate of drug-likeness (QED) is 0.689. The van der Waals surface area contributed by atoms with Gasteiger partial charge in [0.2, 0.25) is 5.88 Å². The number of aromatic nitrogens is 2. The second-order valence-corrected chi connectivity index (χ2v) is 6.68. The molecule has 1 atom stereocenters. The number of hydrogen-bond acceptors (Lipinski definition) is 6. The van der Waals surface area contributed by atoms with E-state index in [9.17, 15) is 5.26 Å². The fraction of sp³-hybridized carbons (Fsp3) is 0.158. The summed E-state index contributed by atoms with van der Waals surface area (Å²) in [6.45, 7) is 0. The van der Waals surface area contributed by atoms with E-state index in [1.165, 1.54) is 0 Å². The first kappa shape index (κ1) is 17.2. The summed E-state index contributed by atoms with van der Waals surface area (Å²) >= 11 is 3.60. The fourth-order valence-corrected chi connectivity index (χ4v) is 4.06. The molecule has 0 saturated carbocycles. The highest BCUT2D eigenvalue weighted by atomic mass is 79.9. The number of pyridine rings is 1. The molecule has 136 valence electrons.